The lowest BCUT2D eigenvalue weighted by Crippen LogP contribution is -2.32. The first-order valence-corrected chi connectivity index (χ1v) is 7.98. The number of oxazole rings is 1. The molecule has 0 spiro atoms. The molecule has 0 bridgehead atoms. The lowest BCUT2D eigenvalue weighted by molar-refractivity contribution is 0.0356. The van der Waals surface area contributed by atoms with E-state index in [1.807, 2.05) is 25.2 Å². The van der Waals surface area contributed by atoms with Crippen LogP contribution in [0.5, 0.6) is 0 Å². The van der Waals surface area contributed by atoms with Crippen molar-refractivity contribution in [2.45, 2.75) is 30.7 Å². The third-order valence-corrected chi connectivity index (χ3v) is 4.79. The Labute approximate surface area is 127 Å². The number of rotatable bonds is 3. The first kappa shape index (κ1) is 14.1. The Balaban J connectivity index is 1.85. The van der Waals surface area contributed by atoms with Crippen LogP contribution in [-0.4, -0.2) is 41.4 Å². The van der Waals surface area contributed by atoms with Gasteiger partial charge in [-0.3, -0.25) is 5.01 Å². The molecule has 0 aromatic carbocycles. The summed E-state index contributed by atoms with van der Waals surface area (Å²) < 4.78 is 11.0. The van der Waals surface area contributed by atoms with E-state index in [4.69, 9.17) is 9.15 Å². The highest BCUT2D eigenvalue weighted by atomic mass is 79.9. The highest BCUT2D eigenvalue weighted by Crippen LogP contribution is 2.40. The standard InChI is InChI=1S/C14H20BrN3O2/c1-9-17-12(8-20-9)14(11-6-16-18(2)7-11)10-3-4-19-13(15)5-10/h6,8,10-11,13-14H,3-5,7H2,1-2H3. The summed E-state index contributed by atoms with van der Waals surface area (Å²) in [6.45, 7) is 3.64. The number of hydrogen-bond acceptors (Lipinski definition) is 5. The van der Waals surface area contributed by atoms with Crippen molar-refractivity contribution < 1.29 is 9.15 Å². The summed E-state index contributed by atoms with van der Waals surface area (Å²) >= 11 is 3.59. The van der Waals surface area contributed by atoms with Gasteiger partial charge in [-0.05, 0) is 18.8 Å². The average molecular weight is 342 g/mol. The number of halogens is 1. The molecular weight excluding hydrogens is 322 g/mol. The van der Waals surface area contributed by atoms with Gasteiger partial charge in [-0.25, -0.2) is 4.98 Å². The fourth-order valence-corrected chi connectivity index (χ4v) is 3.91. The van der Waals surface area contributed by atoms with E-state index in [0.29, 0.717) is 17.8 Å². The molecule has 2 aliphatic rings. The third-order valence-electron chi connectivity index (χ3n) is 4.15. The summed E-state index contributed by atoms with van der Waals surface area (Å²) in [4.78, 5) is 4.58. The van der Waals surface area contributed by atoms with Crippen LogP contribution < -0.4 is 0 Å². The van der Waals surface area contributed by atoms with Crippen molar-refractivity contribution in [1.82, 2.24) is 9.99 Å². The molecular formula is C14H20BrN3O2. The minimum absolute atomic E-state index is 0.146. The minimum Gasteiger partial charge on any atom is -0.449 e. The number of aryl methyl sites for hydroxylation is 1. The second-order valence-corrected chi connectivity index (χ2v) is 6.67. The third kappa shape index (κ3) is 2.91. The Bertz CT molecular complexity index is 491. The molecule has 20 heavy (non-hydrogen) atoms. The molecule has 3 heterocycles. The molecule has 4 atom stereocenters. The van der Waals surface area contributed by atoms with Gasteiger partial charge in [0, 0.05) is 45.2 Å². The molecule has 1 aromatic heterocycles. The number of nitrogens with zero attached hydrogens (tertiary/aromatic N) is 3. The second kappa shape index (κ2) is 5.85. The molecule has 3 rings (SSSR count). The monoisotopic (exact) mass is 341 g/mol. The SMILES string of the molecule is Cc1nc(C(C2C=NN(C)C2)C2CCOC(Br)C2)co1. The quantitative estimate of drug-likeness (QED) is 0.793. The van der Waals surface area contributed by atoms with Crippen molar-refractivity contribution in [3.05, 3.63) is 17.8 Å². The van der Waals surface area contributed by atoms with Gasteiger partial charge in [-0.2, -0.15) is 5.10 Å². The van der Waals surface area contributed by atoms with Crippen molar-refractivity contribution in [3.8, 4) is 0 Å². The highest BCUT2D eigenvalue weighted by molar-refractivity contribution is 9.09. The molecule has 4 unspecified atom stereocenters. The molecule has 0 radical (unpaired) electrons. The van der Waals surface area contributed by atoms with Gasteiger partial charge in [-0.15, -0.1) is 0 Å². The van der Waals surface area contributed by atoms with E-state index in [9.17, 15) is 0 Å². The van der Waals surface area contributed by atoms with E-state index in [1.54, 1.807) is 0 Å². The van der Waals surface area contributed by atoms with Crippen LogP contribution in [0.3, 0.4) is 0 Å². The smallest absolute Gasteiger partial charge is 0.191 e. The van der Waals surface area contributed by atoms with Crippen LogP contribution in [0.2, 0.25) is 0 Å². The van der Waals surface area contributed by atoms with E-state index in [0.717, 1.165) is 37.6 Å². The Morgan fingerprint density at radius 2 is 2.35 bits per heavy atom. The fraction of sp³-hybridized carbons (Fsp3) is 0.714. The van der Waals surface area contributed by atoms with Crippen LogP contribution in [0, 0.1) is 18.8 Å². The average Bonchev–Trinajstić information content (AvgIpc) is 3.00. The molecule has 0 amide bonds. The van der Waals surface area contributed by atoms with E-state index >= 15 is 0 Å². The molecule has 1 aromatic rings. The van der Waals surface area contributed by atoms with Crippen LogP contribution in [-0.2, 0) is 4.74 Å². The predicted octanol–water partition coefficient (Wildman–Crippen LogP) is 2.76. The molecule has 110 valence electrons. The summed E-state index contributed by atoms with van der Waals surface area (Å²) in [7, 11) is 2.01. The van der Waals surface area contributed by atoms with Crippen LogP contribution in [0.25, 0.3) is 0 Å². The van der Waals surface area contributed by atoms with Crippen molar-refractivity contribution in [2.75, 3.05) is 20.2 Å². The fourth-order valence-electron chi connectivity index (χ4n) is 3.25. The van der Waals surface area contributed by atoms with E-state index in [2.05, 4.69) is 32.2 Å². The van der Waals surface area contributed by atoms with Crippen LogP contribution in [0.4, 0.5) is 0 Å². The normalized spacial score (nSPS) is 31.8. The van der Waals surface area contributed by atoms with Gasteiger partial charge in [0.1, 0.15) is 11.3 Å². The van der Waals surface area contributed by atoms with Gasteiger partial charge >= 0.3 is 0 Å². The predicted molar refractivity (Wildman–Crippen MR) is 80.0 cm³/mol. The van der Waals surface area contributed by atoms with Crippen LogP contribution in [0.1, 0.15) is 30.3 Å². The molecule has 2 aliphatic heterocycles. The topological polar surface area (TPSA) is 50.9 Å². The number of ether oxygens (including phenoxy) is 1. The van der Waals surface area contributed by atoms with Gasteiger partial charge in [0.2, 0.25) is 0 Å². The molecule has 0 saturated carbocycles. The van der Waals surface area contributed by atoms with Crippen molar-refractivity contribution in [1.29, 1.82) is 0 Å². The zero-order valence-electron chi connectivity index (χ0n) is 11.8. The Kier molecular flexibility index (Phi) is 4.12. The maximum Gasteiger partial charge on any atom is 0.191 e. The molecule has 1 fully saturated rings. The Hall–Kier alpha value is -0.880. The summed E-state index contributed by atoms with van der Waals surface area (Å²) in [6.07, 6.45) is 5.94. The number of hydrazone groups is 1. The number of aromatic nitrogens is 1. The van der Waals surface area contributed by atoms with Gasteiger partial charge < -0.3 is 9.15 Å². The molecule has 0 aliphatic carbocycles. The molecule has 5 nitrogen and oxygen atoms in total. The van der Waals surface area contributed by atoms with Gasteiger partial charge in [0.05, 0.1) is 5.69 Å². The maximum absolute atomic E-state index is 5.61. The zero-order chi connectivity index (χ0) is 14.1. The van der Waals surface area contributed by atoms with E-state index in [-0.39, 0.29) is 5.01 Å². The summed E-state index contributed by atoms with van der Waals surface area (Å²) in [5.74, 6) is 2.02. The highest BCUT2D eigenvalue weighted by Gasteiger charge is 2.37. The van der Waals surface area contributed by atoms with Crippen LogP contribution in [0.15, 0.2) is 15.8 Å². The zero-order valence-corrected chi connectivity index (χ0v) is 13.4. The summed E-state index contributed by atoms with van der Waals surface area (Å²) in [5.41, 5.74) is 1.06. The largest absolute Gasteiger partial charge is 0.449 e. The lowest BCUT2D eigenvalue weighted by Gasteiger charge is -2.34. The van der Waals surface area contributed by atoms with Crippen molar-refractivity contribution >= 4 is 22.1 Å². The van der Waals surface area contributed by atoms with Gasteiger partial charge in [0.25, 0.3) is 0 Å². The van der Waals surface area contributed by atoms with E-state index in [1.165, 1.54) is 0 Å². The van der Waals surface area contributed by atoms with Crippen molar-refractivity contribution in [2.24, 2.45) is 16.9 Å². The number of hydrogen-bond donors (Lipinski definition) is 0. The van der Waals surface area contributed by atoms with Crippen molar-refractivity contribution in [3.63, 3.8) is 0 Å². The molecule has 1 saturated heterocycles. The first-order chi connectivity index (χ1) is 9.63. The number of alkyl halides is 1. The minimum atomic E-state index is 0.146. The molecule has 6 heteroatoms. The first-order valence-electron chi connectivity index (χ1n) is 7.06. The van der Waals surface area contributed by atoms with Gasteiger partial charge in [0.15, 0.2) is 5.89 Å². The second-order valence-electron chi connectivity index (χ2n) is 5.65. The Morgan fingerprint density at radius 1 is 1.50 bits per heavy atom. The molecule has 0 N–H and O–H groups in total. The maximum atomic E-state index is 5.61. The van der Waals surface area contributed by atoms with Gasteiger partial charge in [-0.1, -0.05) is 15.9 Å². The van der Waals surface area contributed by atoms with Crippen LogP contribution >= 0.6 is 15.9 Å². The van der Waals surface area contributed by atoms with E-state index < -0.39 is 0 Å². The summed E-state index contributed by atoms with van der Waals surface area (Å²) in [5, 5.41) is 6.53. The lowest BCUT2D eigenvalue weighted by atomic mass is 9.76. The Morgan fingerprint density at radius 3 is 2.95 bits per heavy atom. The summed E-state index contributed by atoms with van der Waals surface area (Å²) in [6, 6.07) is 0.